The molecular weight excluding hydrogens is 392 g/mol. The van der Waals surface area contributed by atoms with Crippen LogP contribution >= 0.6 is 0 Å². The van der Waals surface area contributed by atoms with Crippen molar-refractivity contribution in [2.24, 2.45) is 0 Å². The van der Waals surface area contributed by atoms with Crippen LogP contribution < -0.4 is 0 Å². The van der Waals surface area contributed by atoms with Crippen molar-refractivity contribution in [2.45, 2.75) is 49.7 Å². The van der Waals surface area contributed by atoms with E-state index >= 15 is 0 Å². The third kappa shape index (κ3) is 6.23. The van der Waals surface area contributed by atoms with E-state index in [0.717, 1.165) is 25.0 Å². The minimum Gasteiger partial charge on any atom is -0.389 e. The summed E-state index contributed by atoms with van der Waals surface area (Å²) in [4.78, 5) is 2.44. The van der Waals surface area contributed by atoms with Crippen molar-refractivity contribution in [1.82, 2.24) is 9.21 Å². The van der Waals surface area contributed by atoms with E-state index in [-0.39, 0.29) is 12.7 Å². The molecule has 0 unspecified atom stereocenters. The van der Waals surface area contributed by atoms with Gasteiger partial charge in [-0.05, 0) is 36.5 Å². The average Bonchev–Trinajstić information content (AvgIpc) is 3.22. The van der Waals surface area contributed by atoms with Gasteiger partial charge in [0.25, 0.3) is 0 Å². The van der Waals surface area contributed by atoms with Gasteiger partial charge in [0.1, 0.15) is 0 Å². The Labute approximate surface area is 174 Å². The van der Waals surface area contributed by atoms with E-state index in [4.69, 9.17) is 9.47 Å². The molecule has 2 atom stereocenters. The smallest absolute Gasteiger partial charge is 0.243 e. The number of aliphatic hydroxyl groups excluding tert-OH is 1. The second kappa shape index (κ2) is 10.3. The fourth-order valence-corrected chi connectivity index (χ4v) is 5.21. The minimum absolute atomic E-state index is 0.158. The third-order valence-corrected chi connectivity index (χ3v) is 7.54. The van der Waals surface area contributed by atoms with Gasteiger partial charge in [-0.25, -0.2) is 8.42 Å². The van der Waals surface area contributed by atoms with Gasteiger partial charge in [-0.2, -0.15) is 4.31 Å². The lowest BCUT2D eigenvalue weighted by Gasteiger charge is -2.34. The van der Waals surface area contributed by atoms with Crippen molar-refractivity contribution in [3.8, 4) is 0 Å². The van der Waals surface area contributed by atoms with Crippen LogP contribution in [0.15, 0.2) is 29.2 Å². The summed E-state index contributed by atoms with van der Waals surface area (Å²) in [5, 5.41) is 10.2. The fourth-order valence-electron chi connectivity index (χ4n) is 3.79. The molecule has 2 saturated heterocycles. The molecule has 164 valence electrons. The molecule has 2 aliphatic rings. The zero-order valence-corrected chi connectivity index (χ0v) is 18.3. The molecule has 0 aromatic heterocycles. The second-order valence-electron chi connectivity index (χ2n) is 8.25. The maximum absolute atomic E-state index is 12.9. The lowest BCUT2D eigenvalue weighted by atomic mass is 10.0. The molecular formula is C21H34N2O5S. The molecule has 29 heavy (non-hydrogen) atoms. The van der Waals surface area contributed by atoms with Crippen LogP contribution in [0.2, 0.25) is 0 Å². The van der Waals surface area contributed by atoms with Gasteiger partial charge in [-0.1, -0.05) is 26.0 Å². The molecule has 7 nitrogen and oxygen atoms in total. The van der Waals surface area contributed by atoms with E-state index < -0.39 is 16.1 Å². The highest BCUT2D eigenvalue weighted by molar-refractivity contribution is 7.89. The number of rotatable bonds is 9. The highest BCUT2D eigenvalue weighted by Crippen LogP contribution is 2.21. The van der Waals surface area contributed by atoms with Gasteiger partial charge in [0, 0.05) is 39.3 Å². The Morgan fingerprint density at radius 1 is 1.17 bits per heavy atom. The molecule has 0 saturated carbocycles. The van der Waals surface area contributed by atoms with Gasteiger partial charge in [0.15, 0.2) is 0 Å². The standard InChI is InChI=1S/C21H34N2O5S/c1-17(2)18-5-7-21(8-6-18)29(25,26)23-11-9-22(10-12-23)14-19(24)15-27-16-20-4-3-13-28-20/h5-8,17,19-20,24H,3-4,9-16H2,1-2H3/t19-,20+/m1/s1. The number of hydrogen-bond donors (Lipinski definition) is 1. The number of piperazine rings is 1. The number of nitrogens with zero attached hydrogens (tertiary/aromatic N) is 2. The Balaban J connectivity index is 1.42. The van der Waals surface area contributed by atoms with Gasteiger partial charge >= 0.3 is 0 Å². The molecule has 2 heterocycles. The summed E-state index contributed by atoms with van der Waals surface area (Å²) in [5.74, 6) is 0.372. The molecule has 0 amide bonds. The second-order valence-corrected chi connectivity index (χ2v) is 10.2. The molecule has 1 N–H and O–H groups in total. The summed E-state index contributed by atoms with van der Waals surface area (Å²) < 4.78 is 38.4. The number of aliphatic hydroxyl groups is 1. The summed E-state index contributed by atoms with van der Waals surface area (Å²) in [7, 11) is -3.47. The Morgan fingerprint density at radius 2 is 1.86 bits per heavy atom. The first-order chi connectivity index (χ1) is 13.9. The molecule has 0 spiro atoms. The molecule has 0 aliphatic carbocycles. The van der Waals surface area contributed by atoms with E-state index in [1.165, 1.54) is 4.31 Å². The maximum Gasteiger partial charge on any atom is 0.243 e. The van der Waals surface area contributed by atoms with E-state index in [9.17, 15) is 13.5 Å². The van der Waals surface area contributed by atoms with Crippen LogP contribution in [0.25, 0.3) is 0 Å². The monoisotopic (exact) mass is 426 g/mol. The Kier molecular flexibility index (Phi) is 8.07. The van der Waals surface area contributed by atoms with Crippen molar-refractivity contribution in [1.29, 1.82) is 0 Å². The van der Waals surface area contributed by atoms with Gasteiger partial charge in [0.2, 0.25) is 10.0 Å². The van der Waals surface area contributed by atoms with Crippen LogP contribution in [0.3, 0.4) is 0 Å². The quantitative estimate of drug-likeness (QED) is 0.647. The van der Waals surface area contributed by atoms with E-state index in [0.29, 0.717) is 50.1 Å². The van der Waals surface area contributed by atoms with Crippen molar-refractivity contribution in [3.05, 3.63) is 29.8 Å². The average molecular weight is 427 g/mol. The lowest BCUT2D eigenvalue weighted by Crippen LogP contribution is -2.50. The first-order valence-electron chi connectivity index (χ1n) is 10.6. The van der Waals surface area contributed by atoms with Gasteiger partial charge in [-0.3, -0.25) is 4.90 Å². The highest BCUT2D eigenvalue weighted by atomic mass is 32.2. The highest BCUT2D eigenvalue weighted by Gasteiger charge is 2.29. The van der Waals surface area contributed by atoms with Crippen LogP contribution in [0.1, 0.15) is 38.2 Å². The number of hydrogen-bond acceptors (Lipinski definition) is 6. The number of β-amino-alcohol motifs (C(OH)–C–C–N with tert-alkyl or cyclic N) is 1. The predicted molar refractivity (Wildman–Crippen MR) is 112 cm³/mol. The Bertz CT molecular complexity index is 724. The minimum atomic E-state index is -3.47. The van der Waals surface area contributed by atoms with Crippen molar-refractivity contribution in [2.75, 3.05) is 52.5 Å². The van der Waals surface area contributed by atoms with Gasteiger partial charge in [0.05, 0.1) is 30.3 Å². The largest absolute Gasteiger partial charge is 0.389 e. The summed E-state index contributed by atoms with van der Waals surface area (Å²) in [6, 6.07) is 7.18. The number of benzene rings is 1. The van der Waals surface area contributed by atoms with Crippen molar-refractivity contribution >= 4 is 10.0 Å². The Hall–Kier alpha value is -1.03. The van der Waals surface area contributed by atoms with E-state index in [1.807, 2.05) is 12.1 Å². The zero-order valence-electron chi connectivity index (χ0n) is 17.5. The SMILES string of the molecule is CC(C)c1ccc(S(=O)(=O)N2CCN(C[C@@H](O)COC[C@@H]3CCCO3)CC2)cc1. The molecule has 0 bridgehead atoms. The molecule has 1 aromatic rings. The van der Waals surface area contributed by atoms with Crippen LogP contribution in [-0.2, 0) is 19.5 Å². The first kappa shape index (κ1) is 22.7. The van der Waals surface area contributed by atoms with Crippen LogP contribution in [0, 0.1) is 0 Å². The third-order valence-electron chi connectivity index (χ3n) is 5.62. The van der Waals surface area contributed by atoms with E-state index in [1.54, 1.807) is 12.1 Å². The molecule has 1 aromatic carbocycles. The van der Waals surface area contributed by atoms with Gasteiger partial charge in [-0.15, -0.1) is 0 Å². The lowest BCUT2D eigenvalue weighted by molar-refractivity contribution is -0.0270. The summed E-state index contributed by atoms with van der Waals surface area (Å²) in [5.41, 5.74) is 1.13. The number of ether oxygens (including phenoxy) is 2. The zero-order chi connectivity index (χ0) is 20.9. The van der Waals surface area contributed by atoms with E-state index in [2.05, 4.69) is 18.7 Å². The summed E-state index contributed by atoms with van der Waals surface area (Å²) in [6.45, 7) is 8.33. The van der Waals surface area contributed by atoms with Crippen LogP contribution in [0.5, 0.6) is 0 Å². The summed E-state index contributed by atoms with van der Waals surface area (Å²) in [6.07, 6.45) is 1.67. The fraction of sp³-hybridized carbons (Fsp3) is 0.714. The van der Waals surface area contributed by atoms with Gasteiger partial charge < -0.3 is 14.6 Å². The molecule has 8 heteroatoms. The maximum atomic E-state index is 12.9. The van der Waals surface area contributed by atoms with Crippen LogP contribution in [-0.4, -0.2) is 87.5 Å². The topological polar surface area (TPSA) is 79.3 Å². The molecule has 2 fully saturated rings. The first-order valence-corrected chi connectivity index (χ1v) is 12.0. The normalized spacial score (nSPS) is 23.0. The molecule has 2 aliphatic heterocycles. The molecule has 3 rings (SSSR count). The molecule has 0 radical (unpaired) electrons. The van der Waals surface area contributed by atoms with Crippen molar-refractivity contribution in [3.63, 3.8) is 0 Å². The van der Waals surface area contributed by atoms with Crippen molar-refractivity contribution < 1.29 is 23.0 Å². The van der Waals surface area contributed by atoms with Crippen LogP contribution in [0.4, 0.5) is 0 Å². The predicted octanol–water partition coefficient (Wildman–Crippen LogP) is 1.67. The Morgan fingerprint density at radius 3 is 2.45 bits per heavy atom. The number of sulfonamides is 1. The summed E-state index contributed by atoms with van der Waals surface area (Å²) >= 11 is 0.